The molecule has 6 heteroatoms. The largest absolute Gasteiger partial charge is 0.481 e. The highest BCUT2D eigenvalue weighted by Crippen LogP contribution is 2.16. The lowest BCUT2D eigenvalue weighted by atomic mass is 10.2. The molecule has 0 aliphatic carbocycles. The van der Waals surface area contributed by atoms with Crippen LogP contribution in [-0.2, 0) is 11.3 Å². The Morgan fingerprint density at radius 1 is 1.55 bits per heavy atom. The van der Waals surface area contributed by atoms with Crippen molar-refractivity contribution in [1.29, 1.82) is 0 Å². The Balaban J connectivity index is 2.05. The van der Waals surface area contributed by atoms with E-state index in [9.17, 15) is 5.11 Å². The summed E-state index contributed by atoms with van der Waals surface area (Å²) in [6.45, 7) is 2.56. The quantitative estimate of drug-likeness (QED) is 0.630. The van der Waals surface area contributed by atoms with Gasteiger partial charge in [-0.3, -0.25) is 5.43 Å². The van der Waals surface area contributed by atoms with Crippen LogP contribution in [0.1, 0.15) is 37.4 Å². The van der Waals surface area contributed by atoms with Gasteiger partial charge in [0.15, 0.2) is 0 Å². The van der Waals surface area contributed by atoms with Crippen molar-refractivity contribution < 1.29 is 14.6 Å². The van der Waals surface area contributed by atoms with E-state index in [1.54, 1.807) is 6.07 Å². The molecule has 0 radical (unpaired) electrons. The third kappa shape index (κ3) is 3.68. The number of nitrogens with one attached hydrogen (secondary N) is 1. The third-order valence-corrected chi connectivity index (χ3v) is 3.23. The summed E-state index contributed by atoms with van der Waals surface area (Å²) in [5.74, 6) is 0.425. The van der Waals surface area contributed by atoms with Crippen LogP contribution in [0.2, 0.25) is 0 Å². The van der Waals surface area contributed by atoms with E-state index in [0.29, 0.717) is 17.1 Å². The summed E-state index contributed by atoms with van der Waals surface area (Å²) < 4.78 is 10.7. The van der Waals surface area contributed by atoms with Crippen LogP contribution < -0.4 is 10.2 Å². The first-order valence-corrected chi connectivity index (χ1v) is 6.81. The Morgan fingerprint density at radius 2 is 2.40 bits per heavy atom. The zero-order valence-electron chi connectivity index (χ0n) is 11.9. The Bertz CT molecular complexity index is 471. The number of methoxy groups -OCH3 is 1. The molecule has 1 fully saturated rings. The van der Waals surface area contributed by atoms with Crippen molar-refractivity contribution in [1.82, 2.24) is 10.4 Å². The normalized spacial score (nSPS) is 19.8. The minimum absolute atomic E-state index is 0.0164. The first-order chi connectivity index (χ1) is 9.74. The lowest BCUT2D eigenvalue weighted by molar-refractivity contribution is -0.00450. The van der Waals surface area contributed by atoms with Crippen molar-refractivity contribution in [3.8, 4) is 5.88 Å². The monoisotopic (exact) mass is 279 g/mol. The van der Waals surface area contributed by atoms with Gasteiger partial charge >= 0.3 is 0 Å². The molecule has 1 unspecified atom stereocenters. The van der Waals surface area contributed by atoms with Crippen molar-refractivity contribution in [3.05, 3.63) is 23.4 Å². The molecule has 2 N–H and O–H groups in total. The summed E-state index contributed by atoms with van der Waals surface area (Å²) in [4.78, 5) is 4.33. The van der Waals surface area contributed by atoms with Crippen molar-refractivity contribution in [2.45, 2.75) is 39.0 Å². The van der Waals surface area contributed by atoms with Gasteiger partial charge < -0.3 is 14.6 Å². The maximum absolute atomic E-state index is 9.17. The average Bonchev–Trinajstić information content (AvgIpc) is 2.52. The maximum Gasteiger partial charge on any atom is 0.219 e. The molecule has 2 heterocycles. The highest BCUT2D eigenvalue weighted by Gasteiger charge is 2.13. The minimum Gasteiger partial charge on any atom is -0.481 e. The van der Waals surface area contributed by atoms with Gasteiger partial charge in [-0.05, 0) is 38.3 Å². The first-order valence-electron chi connectivity index (χ1n) is 6.81. The van der Waals surface area contributed by atoms with Gasteiger partial charge in [-0.25, -0.2) is 4.98 Å². The molecule has 1 aromatic rings. The summed E-state index contributed by atoms with van der Waals surface area (Å²) in [6, 6.07) is 3.60. The van der Waals surface area contributed by atoms with Gasteiger partial charge in [-0.1, -0.05) is 0 Å². The van der Waals surface area contributed by atoms with Gasteiger partial charge in [0.05, 0.1) is 25.1 Å². The number of pyridine rings is 1. The SMILES string of the molecule is COc1nc(/C(C)=N/NC2CCCCO2)ccc1CO. The molecule has 1 aliphatic heterocycles. The summed E-state index contributed by atoms with van der Waals surface area (Å²) in [7, 11) is 1.53. The number of aliphatic hydroxyl groups is 1. The number of hydrazone groups is 1. The van der Waals surface area contributed by atoms with Gasteiger partial charge in [0.2, 0.25) is 5.88 Å². The van der Waals surface area contributed by atoms with E-state index in [0.717, 1.165) is 31.6 Å². The Labute approximate surface area is 118 Å². The lowest BCUT2D eigenvalue weighted by Crippen LogP contribution is -2.31. The summed E-state index contributed by atoms with van der Waals surface area (Å²) in [5, 5.41) is 13.5. The van der Waals surface area contributed by atoms with Gasteiger partial charge in [0, 0.05) is 12.2 Å². The summed E-state index contributed by atoms with van der Waals surface area (Å²) in [5.41, 5.74) is 5.14. The van der Waals surface area contributed by atoms with Crippen LogP contribution in [-0.4, -0.2) is 35.7 Å². The maximum atomic E-state index is 9.17. The standard InChI is InChI=1S/C14H21N3O3/c1-10(16-17-13-5-3-4-8-20-13)12-7-6-11(9-18)14(15-12)19-2/h6-7,13,17-18H,3-5,8-9H2,1-2H3/b16-10+. The minimum atomic E-state index is -0.0964. The van der Waals surface area contributed by atoms with E-state index >= 15 is 0 Å². The molecule has 0 saturated carbocycles. The number of nitrogens with zero attached hydrogens (tertiary/aromatic N) is 2. The van der Waals surface area contributed by atoms with Crippen molar-refractivity contribution in [2.75, 3.05) is 13.7 Å². The van der Waals surface area contributed by atoms with Crippen LogP contribution >= 0.6 is 0 Å². The fraction of sp³-hybridized carbons (Fsp3) is 0.571. The fourth-order valence-corrected chi connectivity index (χ4v) is 2.04. The molecule has 0 bridgehead atoms. The van der Waals surface area contributed by atoms with E-state index in [4.69, 9.17) is 9.47 Å². The second-order valence-electron chi connectivity index (χ2n) is 4.70. The molecule has 0 amide bonds. The number of rotatable bonds is 5. The van der Waals surface area contributed by atoms with Gasteiger partial charge in [-0.15, -0.1) is 0 Å². The van der Waals surface area contributed by atoms with Crippen LogP contribution in [0, 0.1) is 0 Å². The second-order valence-corrected chi connectivity index (χ2v) is 4.70. The Hall–Kier alpha value is -1.66. The van der Waals surface area contributed by atoms with Crippen LogP contribution in [0.25, 0.3) is 0 Å². The van der Waals surface area contributed by atoms with Gasteiger partial charge in [0.25, 0.3) is 0 Å². The zero-order chi connectivity index (χ0) is 14.4. The second kappa shape index (κ2) is 7.21. The third-order valence-electron chi connectivity index (χ3n) is 3.23. The molecule has 1 saturated heterocycles. The first kappa shape index (κ1) is 14.7. The Kier molecular flexibility index (Phi) is 5.31. The van der Waals surface area contributed by atoms with Crippen LogP contribution in [0.5, 0.6) is 5.88 Å². The van der Waals surface area contributed by atoms with E-state index < -0.39 is 0 Å². The molecule has 2 rings (SSSR count). The predicted molar refractivity (Wildman–Crippen MR) is 75.6 cm³/mol. The number of aliphatic hydroxyl groups excluding tert-OH is 1. The molecule has 0 spiro atoms. The lowest BCUT2D eigenvalue weighted by Gasteiger charge is -2.22. The smallest absolute Gasteiger partial charge is 0.219 e. The molecule has 20 heavy (non-hydrogen) atoms. The van der Waals surface area contributed by atoms with E-state index in [1.807, 2.05) is 13.0 Å². The molecular weight excluding hydrogens is 258 g/mol. The fourth-order valence-electron chi connectivity index (χ4n) is 2.04. The zero-order valence-corrected chi connectivity index (χ0v) is 11.9. The van der Waals surface area contributed by atoms with Crippen LogP contribution in [0.15, 0.2) is 17.2 Å². The molecule has 1 atom stereocenters. The number of ether oxygens (including phenoxy) is 2. The van der Waals surface area contributed by atoms with Crippen molar-refractivity contribution in [3.63, 3.8) is 0 Å². The summed E-state index contributed by atoms with van der Waals surface area (Å²) in [6.07, 6.45) is 3.22. The molecule has 6 nitrogen and oxygen atoms in total. The highest BCUT2D eigenvalue weighted by atomic mass is 16.5. The number of hydrogen-bond acceptors (Lipinski definition) is 6. The average molecular weight is 279 g/mol. The predicted octanol–water partition coefficient (Wildman–Crippen LogP) is 1.42. The topological polar surface area (TPSA) is 76.0 Å². The van der Waals surface area contributed by atoms with E-state index in [-0.39, 0.29) is 12.8 Å². The van der Waals surface area contributed by atoms with Crippen LogP contribution in [0.3, 0.4) is 0 Å². The Morgan fingerprint density at radius 3 is 3.05 bits per heavy atom. The van der Waals surface area contributed by atoms with Gasteiger partial charge in [0.1, 0.15) is 6.23 Å². The van der Waals surface area contributed by atoms with E-state index in [1.165, 1.54) is 7.11 Å². The van der Waals surface area contributed by atoms with Crippen LogP contribution in [0.4, 0.5) is 0 Å². The van der Waals surface area contributed by atoms with E-state index in [2.05, 4.69) is 15.5 Å². The van der Waals surface area contributed by atoms with Crippen molar-refractivity contribution >= 4 is 5.71 Å². The van der Waals surface area contributed by atoms with Crippen molar-refractivity contribution in [2.24, 2.45) is 5.10 Å². The number of aromatic nitrogens is 1. The molecule has 0 aromatic carbocycles. The molecule has 110 valence electrons. The summed E-state index contributed by atoms with van der Waals surface area (Å²) >= 11 is 0. The molecule has 1 aromatic heterocycles. The van der Waals surface area contributed by atoms with Gasteiger partial charge in [-0.2, -0.15) is 5.10 Å². The number of hydrogen-bond donors (Lipinski definition) is 2. The molecular formula is C14H21N3O3. The highest BCUT2D eigenvalue weighted by molar-refractivity contribution is 5.96. The molecule has 1 aliphatic rings.